The molecule has 1 fully saturated rings. The first kappa shape index (κ1) is 17.7. The van der Waals surface area contributed by atoms with Gasteiger partial charge in [-0.3, -0.25) is 4.79 Å². The molecule has 0 spiro atoms. The number of piperidine rings is 1. The summed E-state index contributed by atoms with van der Waals surface area (Å²) in [5.74, 6) is 1.68. The van der Waals surface area contributed by atoms with Crippen LogP contribution >= 0.6 is 0 Å². The third-order valence-electron chi connectivity index (χ3n) is 4.87. The van der Waals surface area contributed by atoms with E-state index in [0.717, 1.165) is 48.1 Å². The number of benzene rings is 1. The summed E-state index contributed by atoms with van der Waals surface area (Å²) >= 11 is 0. The van der Waals surface area contributed by atoms with E-state index in [4.69, 9.17) is 4.74 Å². The Balaban J connectivity index is 1.53. The van der Waals surface area contributed by atoms with Crippen molar-refractivity contribution in [3.05, 3.63) is 46.4 Å². The first-order valence-corrected chi connectivity index (χ1v) is 9.12. The van der Waals surface area contributed by atoms with Gasteiger partial charge in [0.1, 0.15) is 5.75 Å². The van der Waals surface area contributed by atoms with Crippen LogP contribution in [0, 0.1) is 12.8 Å². The zero-order valence-corrected chi connectivity index (χ0v) is 15.1. The SMILES string of the molecule is Cc1nn(C)c(=O)cc1-c1ccc(OCCCC2CCCNC2)cc1. The fraction of sp³-hybridized carbons (Fsp3) is 0.500. The minimum Gasteiger partial charge on any atom is -0.494 e. The summed E-state index contributed by atoms with van der Waals surface area (Å²) < 4.78 is 7.22. The van der Waals surface area contributed by atoms with Crippen LogP contribution in [0.15, 0.2) is 35.1 Å². The van der Waals surface area contributed by atoms with Gasteiger partial charge in [0.2, 0.25) is 0 Å². The molecule has 2 aromatic rings. The fourth-order valence-electron chi connectivity index (χ4n) is 3.40. The van der Waals surface area contributed by atoms with Crippen molar-refractivity contribution < 1.29 is 4.74 Å². The van der Waals surface area contributed by atoms with E-state index in [1.54, 1.807) is 13.1 Å². The zero-order valence-electron chi connectivity index (χ0n) is 15.1. The van der Waals surface area contributed by atoms with Crippen molar-refractivity contribution in [2.45, 2.75) is 32.6 Å². The Labute approximate surface area is 149 Å². The Morgan fingerprint density at radius 3 is 2.84 bits per heavy atom. The molecule has 5 heteroatoms. The second-order valence-electron chi connectivity index (χ2n) is 6.83. The second-order valence-corrected chi connectivity index (χ2v) is 6.83. The third-order valence-corrected chi connectivity index (χ3v) is 4.87. The Morgan fingerprint density at radius 1 is 1.32 bits per heavy atom. The topological polar surface area (TPSA) is 56.2 Å². The van der Waals surface area contributed by atoms with E-state index in [-0.39, 0.29) is 5.56 Å². The predicted molar refractivity (Wildman–Crippen MR) is 100.0 cm³/mol. The molecule has 1 unspecified atom stereocenters. The minimum absolute atomic E-state index is 0.0990. The molecule has 1 aliphatic rings. The Kier molecular flexibility index (Phi) is 5.87. The monoisotopic (exact) mass is 341 g/mol. The molecule has 1 N–H and O–H groups in total. The molecular weight excluding hydrogens is 314 g/mol. The molecule has 3 rings (SSSR count). The second kappa shape index (κ2) is 8.30. The van der Waals surface area contributed by atoms with E-state index in [1.165, 1.54) is 30.5 Å². The number of aromatic nitrogens is 2. The van der Waals surface area contributed by atoms with Crippen LogP contribution in [0.25, 0.3) is 11.1 Å². The number of rotatable bonds is 6. The lowest BCUT2D eigenvalue weighted by molar-refractivity contribution is 0.275. The van der Waals surface area contributed by atoms with Gasteiger partial charge in [-0.15, -0.1) is 0 Å². The molecule has 0 bridgehead atoms. The average molecular weight is 341 g/mol. The van der Waals surface area contributed by atoms with Crippen LogP contribution in [-0.2, 0) is 7.05 Å². The van der Waals surface area contributed by atoms with Crippen molar-refractivity contribution >= 4 is 0 Å². The number of nitrogens with one attached hydrogen (secondary N) is 1. The number of ether oxygens (including phenoxy) is 1. The summed E-state index contributed by atoms with van der Waals surface area (Å²) in [6.45, 7) is 4.99. The molecule has 0 aliphatic carbocycles. The maximum atomic E-state index is 11.8. The molecular formula is C20H27N3O2. The standard InChI is InChI=1S/C20H27N3O2/c1-15-19(13-20(24)23(2)22-15)17-7-9-18(10-8-17)25-12-4-6-16-5-3-11-21-14-16/h7-10,13,16,21H,3-6,11-12,14H2,1-2H3. The lowest BCUT2D eigenvalue weighted by Crippen LogP contribution is -2.29. The van der Waals surface area contributed by atoms with Crippen LogP contribution in [0.5, 0.6) is 5.75 Å². The molecule has 5 nitrogen and oxygen atoms in total. The van der Waals surface area contributed by atoms with Crippen LogP contribution < -0.4 is 15.6 Å². The van der Waals surface area contributed by atoms with E-state index >= 15 is 0 Å². The lowest BCUT2D eigenvalue weighted by Gasteiger charge is -2.22. The smallest absolute Gasteiger partial charge is 0.267 e. The molecule has 1 aromatic heterocycles. The van der Waals surface area contributed by atoms with Crippen LogP contribution in [0.1, 0.15) is 31.4 Å². The van der Waals surface area contributed by atoms with Gasteiger partial charge in [-0.1, -0.05) is 12.1 Å². The van der Waals surface area contributed by atoms with E-state index in [1.807, 2.05) is 31.2 Å². The summed E-state index contributed by atoms with van der Waals surface area (Å²) in [5, 5.41) is 7.70. The number of hydrogen-bond acceptors (Lipinski definition) is 4. The quantitative estimate of drug-likeness (QED) is 0.821. The predicted octanol–water partition coefficient (Wildman–Crippen LogP) is 2.91. The van der Waals surface area contributed by atoms with Crippen molar-refractivity contribution in [2.24, 2.45) is 13.0 Å². The van der Waals surface area contributed by atoms with Crippen LogP contribution in [0.2, 0.25) is 0 Å². The van der Waals surface area contributed by atoms with Crippen molar-refractivity contribution in [1.82, 2.24) is 15.1 Å². The highest BCUT2D eigenvalue weighted by Crippen LogP contribution is 2.23. The first-order chi connectivity index (χ1) is 12.1. The van der Waals surface area contributed by atoms with Gasteiger partial charge in [-0.2, -0.15) is 5.10 Å². The molecule has 0 saturated carbocycles. The van der Waals surface area contributed by atoms with Crippen molar-refractivity contribution in [3.63, 3.8) is 0 Å². The molecule has 1 saturated heterocycles. The lowest BCUT2D eigenvalue weighted by atomic mass is 9.95. The maximum absolute atomic E-state index is 11.8. The largest absolute Gasteiger partial charge is 0.494 e. The number of nitrogens with zero attached hydrogens (tertiary/aromatic N) is 2. The highest BCUT2D eigenvalue weighted by Gasteiger charge is 2.12. The summed E-state index contributed by atoms with van der Waals surface area (Å²) in [5.41, 5.74) is 2.61. The molecule has 0 amide bonds. The molecule has 0 radical (unpaired) electrons. The summed E-state index contributed by atoms with van der Waals surface area (Å²) in [6, 6.07) is 9.55. The molecule has 1 aliphatic heterocycles. The molecule has 2 heterocycles. The number of hydrogen-bond donors (Lipinski definition) is 1. The van der Waals surface area contributed by atoms with Gasteiger partial charge in [0.15, 0.2) is 0 Å². The van der Waals surface area contributed by atoms with Crippen molar-refractivity contribution in [2.75, 3.05) is 19.7 Å². The Morgan fingerprint density at radius 2 is 2.12 bits per heavy atom. The van der Waals surface area contributed by atoms with E-state index in [2.05, 4.69) is 10.4 Å². The molecule has 25 heavy (non-hydrogen) atoms. The van der Waals surface area contributed by atoms with Gasteiger partial charge >= 0.3 is 0 Å². The Bertz CT molecular complexity index is 747. The maximum Gasteiger partial charge on any atom is 0.267 e. The summed E-state index contributed by atoms with van der Waals surface area (Å²) in [7, 11) is 1.67. The normalized spacial score (nSPS) is 17.4. The van der Waals surface area contributed by atoms with Gasteiger partial charge in [-0.25, -0.2) is 4.68 Å². The summed E-state index contributed by atoms with van der Waals surface area (Å²) in [4.78, 5) is 11.8. The highest BCUT2D eigenvalue weighted by atomic mass is 16.5. The Hall–Kier alpha value is -2.14. The number of aryl methyl sites for hydroxylation is 2. The molecule has 1 atom stereocenters. The summed E-state index contributed by atoms with van der Waals surface area (Å²) in [6.07, 6.45) is 4.95. The zero-order chi connectivity index (χ0) is 17.6. The van der Waals surface area contributed by atoms with Crippen molar-refractivity contribution in [1.29, 1.82) is 0 Å². The van der Waals surface area contributed by atoms with Gasteiger partial charge in [0.25, 0.3) is 5.56 Å². The van der Waals surface area contributed by atoms with E-state index in [0.29, 0.717) is 0 Å². The average Bonchev–Trinajstić information content (AvgIpc) is 2.63. The van der Waals surface area contributed by atoms with Crippen molar-refractivity contribution in [3.8, 4) is 16.9 Å². The minimum atomic E-state index is -0.0990. The molecule has 134 valence electrons. The van der Waals surface area contributed by atoms with Crippen LogP contribution in [-0.4, -0.2) is 29.5 Å². The van der Waals surface area contributed by atoms with Crippen LogP contribution in [0.4, 0.5) is 0 Å². The van der Waals surface area contributed by atoms with Crippen LogP contribution in [0.3, 0.4) is 0 Å². The highest BCUT2D eigenvalue weighted by molar-refractivity contribution is 5.65. The van der Waals surface area contributed by atoms with Gasteiger partial charge in [-0.05, 0) is 69.3 Å². The van der Waals surface area contributed by atoms with Gasteiger partial charge in [0.05, 0.1) is 12.3 Å². The van der Waals surface area contributed by atoms with E-state index < -0.39 is 0 Å². The van der Waals surface area contributed by atoms with Gasteiger partial charge < -0.3 is 10.1 Å². The van der Waals surface area contributed by atoms with E-state index in [9.17, 15) is 4.79 Å². The molecule has 1 aromatic carbocycles. The van der Waals surface area contributed by atoms with Gasteiger partial charge in [0, 0.05) is 18.7 Å². The first-order valence-electron chi connectivity index (χ1n) is 9.12. The third kappa shape index (κ3) is 4.69. The fourth-order valence-corrected chi connectivity index (χ4v) is 3.40.